The Morgan fingerprint density at radius 3 is 2.14 bits per heavy atom. The molecule has 0 aliphatic carbocycles. The van der Waals surface area contributed by atoms with Crippen molar-refractivity contribution in [1.82, 2.24) is 4.41 Å². The summed E-state index contributed by atoms with van der Waals surface area (Å²) < 4.78 is 47.6. The minimum Gasteiger partial charge on any atom is -0.497 e. The summed E-state index contributed by atoms with van der Waals surface area (Å²) in [5, 5.41) is 4.42. The number of hydrazone groups is 1. The highest BCUT2D eigenvalue weighted by Crippen LogP contribution is 2.43. The van der Waals surface area contributed by atoms with E-state index in [1.807, 2.05) is 6.07 Å². The third-order valence-electron chi connectivity index (χ3n) is 4.69. The van der Waals surface area contributed by atoms with Crippen LogP contribution in [0.3, 0.4) is 0 Å². The molecule has 2 aromatic rings. The summed E-state index contributed by atoms with van der Waals surface area (Å²) in [6.07, 6.45) is 1.48. The standard InChI is InChI=1S/C20H24N2O6S/c1-25-14-9-13(10-15(11-14)26-2)17-12-18(22(21-17)29(5,23)24)16-7-6-8-19(27-3)20(16)28-4/h6-11,18H,12H2,1-5H3/t18-/m0/s1. The Balaban J connectivity index is 2.10. The zero-order valence-corrected chi connectivity index (χ0v) is 17.8. The van der Waals surface area contributed by atoms with Gasteiger partial charge in [-0.3, -0.25) is 0 Å². The van der Waals surface area contributed by atoms with Crippen LogP contribution in [0.25, 0.3) is 0 Å². The molecule has 0 saturated carbocycles. The van der Waals surface area contributed by atoms with E-state index in [1.165, 1.54) is 14.2 Å². The van der Waals surface area contributed by atoms with Gasteiger partial charge in [-0.1, -0.05) is 12.1 Å². The number of hydrogen-bond donors (Lipinski definition) is 0. The van der Waals surface area contributed by atoms with Crippen molar-refractivity contribution in [1.29, 1.82) is 0 Å². The van der Waals surface area contributed by atoms with Crippen molar-refractivity contribution in [2.45, 2.75) is 12.5 Å². The van der Waals surface area contributed by atoms with Gasteiger partial charge in [-0.2, -0.15) is 9.52 Å². The first-order chi connectivity index (χ1) is 13.8. The van der Waals surface area contributed by atoms with Crippen LogP contribution in [-0.4, -0.2) is 53.2 Å². The molecule has 0 saturated heterocycles. The summed E-state index contributed by atoms with van der Waals surface area (Å²) in [5.74, 6) is 2.19. The largest absolute Gasteiger partial charge is 0.497 e. The second-order valence-corrected chi connectivity index (χ2v) is 8.33. The summed E-state index contributed by atoms with van der Waals surface area (Å²) in [6, 6.07) is 10.1. The molecule has 1 aliphatic rings. The minimum atomic E-state index is -3.63. The second kappa shape index (κ2) is 8.20. The van der Waals surface area contributed by atoms with Crippen LogP contribution >= 0.6 is 0 Å². The maximum absolute atomic E-state index is 12.5. The summed E-state index contributed by atoms with van der Waals surface area (Å²) in [7, 11) is 2.55. The van der Waals surface area contributed by atoms with Crippen LogP contribution in [0.1, 0.15) is 23.6 Å². The Morgan fingerprint density at radius 2 is 1.62 bits per heavy atom. The number of benzene rings is 2. The van der Waals surface area contributed by atoms with Crippen LogP contribution in [0.15, 0.2) is 41.5 Å². The lowest BCUT2D eigenvalue weighted by molar-refractivity contribution is 0.329. The fourth-order valence-electron chi connectivity index (χ4n) is 3.35. The molecule has 0 bridgehead atoms. The van der Waals surface area contributed by atoms with Crippen LogP contribution < -0.4 is 18.9 Å². The molecule has 2 aromatic carbocycles. The molecule has 0 amide bonds. The average Bonchev–Trinajstić information content (AvgIpc) is 3.18. The van der Waals surface area contributed by atoms with Crippen molar-refractivity contribution in [3.63, 3.8) is 0 Å². The highest BCUT2D eigenvalue weighted by Gasteiger charge is 2.37. The number of methoxy groups -OCH3 is 4. The van der Waals surface area contributed by atoms with Crippen molar-refractivity contribution in [2.24, 2.45) is 5.10 Å². The van der Waals surface area contributed by atoms with Gasteiger partial charge in [0.1, 0.15) is 11.5 Å². The molecule has 0 N–H and O–H groups in total. The van der Waals surface area contributed by atoms with Gasteiger partial charge < -0.3 is 18.9 Å². The molecule has 3 rings (SSSR count). The van der Waals surface area contributed by atoms with Gasteiger partial charge in [0, 0.05) is 23.6 Å². The van der Waals surface area contributed by atoms with Gasteiger partial charge in [0.05, 0.1) is 46.4 Å². The van der Waals surface area contributed by atoms with Gasteiger partial charge in [0.25, 0.3) is 0 Å². The summed E-state index contributed by atoms with van der Waals surface area (Å²) in [5.41, 5.74) is 1.99. The molecular formula is C20H24N2O6S. The van der Waals surface area contributed by atoms with E-state index in [9.17, 15) is 8.42 Å². The van der Waals surface area contributed by atoms with Gasteiger partial charge in [-0.25, -0.2) is 8.42 Å². The molecule has 8 nitrogen and oxygen atoms in total. The molecular weight excluding hydrogens is 396 g/mol. The number of nitrogens with zero attached hydrogens (tertiary/aromatic N) is 2. The molecule has 1 atom stereocenters. The molecule has 0 radical (unpaired) electrons. The number of rotatable bonds is 7. The molecule has 0 aromatic heterocycles. The van der Waals surface area contributed by atoms with Crippen LogP contribution in [0, 0.1) is 0 Å². The molecule has 0 spiro atoms. The zero-order chi connectivity index (χ0) is 21.2. The van der Waals surface area contributed by atoms with E-state index in [0.717, 1.165) is 16.2 Å². The lowest BCUT2D eigenvalue weighted by Gasteiger charge is -2.23. The number of sulfonamides is 1. The molecule has 1 aliphatic heterocycles. The maximum atomic E-state index is 12.5. The Kier molecular flexibility index (Phi) is 5.88. The summed E-state index contributed by atoms with van der Waals surface area (Å²) in [6.45, 7) is 0. The van der Waals surface area contributed by atoms with E-state index in [2.05, 4.69) is 5.10 Å². The monoisotopic (exact) mass is 420 g/mol. The van der Waals surface area contributed by atoms with Crippen molar-refractivity contribution < 1.29 is 27.4 Å². The van der Waals surface area contributed by atoms with Gasteiger partial charge in [0.15, 0.2) is 11.5 Å². The third kappa shape index (κ3) is 4.09. The van der Waals surface area contributed by atoms with Gasteiger partial charge in [-0.15, -0.1) is 0 Å². The fourth-order valence-corrected chi connectivity index (χ4v) is 4.25. The van der Waals surface area contributed by atoms with Crippen molar-refractivity contribution in [3.8, 4) is 23.0 Å². The topological polar surface area (TPSA) is 86.7 Å². The molecule has 0 unspecified atom stereocenters. The number of ether oxygens (including phenoxy) is 4. The summed E-state index contributed by atoms with van der Waals surface area (Å²) in [4.78, 5) is 0. The highest BCUT2D eigenvalue weighted by molar-refractivity contribution is 7.88. The Bertz CT molecular complexity index is 1010. The predicted octanol–water partition coefficient (Wildman–Crippen LogP) is 2.83. The maximum Gasteiger partial charge on any atom is 0.247 e. The van der Waals surface area contributed by atoms with E-state index in [1.54, 1.807) is 44.6 Å². The first kappa shape index (κ1) is 20.8. The van der Waals surface area contributed by atoms with E-state index in [-0.39, 0.29) is 0 Å². The Labute approximate surface area is 170 Å². The number of para-hydroxylation sites is 1. The average molecular weight is 420 g/mol. The Morgan fingerprint density at radius 1 is 0.966 bits per heavy atom. The van der Waals surface area contributed by atoms with E-state index in [4.69, 9.17) is 18.9 Å². The minimum absolute atomic E-state index is 0.354. The van der Waals surface area contributed by atoms with Crippen LogP contribution in [0.5, 0.6) is 23.0 Å². The van der Waals surface area contributed by atoms with Crippen molar-refractivity contribution >= 4 is 15.7 Å². The smallest absolute Gasteiger partial charge is 0.247 e. The lowest BCUT2D eigenvalue weighted by atomic mass is 9.98. The van der Waals surface area contributed by atoms with E-state index < -0.39 is 16.1 Å². The van der Waals surface area contributed by atoms with E-state index >= 15 is 0 Å². The Hall–Kier alpha value is -2.94. The first-order valence-corrected chi connectivity index (χ1v) is 10.7. The van der Waals surface area contributed by atoms with Gasteiger partial charge in [0.2, 0.25) is 10.0 Å². The molecule has 1 heterocycles. The molecule has 9 heteroatoms. The first-order valence-electron chi connectivity index (χ1n) is 8.83. The molecule has 156 valence electrons. The lowest BCUT2D eigenvalue weighted by Crippen LogP contribution is -2.26. The van der Waals surface area contributed by atoms with Crippen LogP contribution in [-0.2, 0) is 10.0 Å². The second-order valence-electron chi connectivity index (χ2n) is 6.49. The van der Waals surface area contributed by atoms with Crippen molar-refractivity contribution in [2.75, 3.05) is 34.7 Å². The van der Waals surface area contributed by atoms with Crippen molar-refractivity contribution in [3.05, 3.63) is 47.5 Å². The quantitative estimate of drug-likeness (QED) is 0.685. The van der Waals surface area contributed by atoms with Crippen LogP contribution in [0.4, 0.5) is 0 Å². The van der Waals surface area contributed by atoms with Gasteiger partial charge >= 0.3 is 0 Å². The normalized spacial score (nSPS) is 16.4. The van der Waals surface area contributed by atoms with Crippen LogP contribution in [0.2, 0.25) is 0 Å². The molecule has 29 heavy (non-hydrogen) atoms. The summed E-state index contributed by atoms with van der Waals surface area (Å²) >= 11 is 0. The highest BCUT2D eigenvalue weighted by atomic mass is 32.2. The predicted molar refractivity (Wildman–Crippen MR) is 110 cm³/mol. The third-order valence-corrected chi connectivity index (χ3v) is 5.71. The van der Waals surface area contributed by atoms with Gasteiger partial charge in [-0.05, 0) is 18.2 Å². The molecule has 0 fully saturated rings. The SMILES string of the molecule is COc1cc(OC)cc(C2=NN(S(C)(=O)=O)[C@H](c3cccc(OC)c3OC)C2)c1. The zero-order valence-electron chi connectivity index (χ0n) is 17.0. The fraction of sp³-hybridized carbons (Fsp3) is 0.350. The van der Waals surface area contributed by atoms with E-state index in [0.29, 0.717) is 40.7 Å². The number of hydrogen-bond acceptors (Lipinski definition) is 7.